The fourth-order valence-corrected chi connectivity index (χ4v) is 1.94. The van der Waals surface area contributed by atoms with Crippen molar-refractivity contribution in [3.63, 3.8) is 0 Å². The molecule has 0 amide bonds. The van der Waals surface area contributed by atoms with Crippen molar-refractivity contribution in [2.75, 3.05) is 5.32 Å². The lowest BCUT2D eigenvalue weighted by Gasteiger charge is -2.10. The topological polar surface area (TPSA) is 79.0 Å². The largest absolute Gasteiger partial charge is 0.355 e. The lowest BCUT2D eigenvalue weighted by atomic mass is 10.1. The summed E-state index contributed by atoms with van der Waals surface area (Å²) in [5.74, 6) is 0. The molecule has 0 saturated carbocycles. The average Bonchev–Trinajstić information content (AvgIpc) is 2.43. The molecule has 0 atom stereocenters. The predicted molar refractivity (Wildman–Crippen MR) is 77.3 cm³/mol. The van der Waals surface area contributed by atoms with E-state index in [2.05, 4.69) is 5.32 Å². The van der Waals surface area contributed by atoms with E-state index < -0.39 is 4.92 Å². The number of nitro benzene ring substituents is 1. The van der Waals surface area contributed by atoms with Crippen molar-refractivity contribution in [2.24, 2.45) is 0 Å². The zero-order valence-electron chi connectivity index (χ0n) is 10.6. The highest BCUT2D eigenvalue weighted by molar-refractivity contribution is 6.31. The van der Waals surface area contributed by atoms with Crippen LogP contribution in [0.2, 0.25) is 5.02 Å². The molecule has 0 fully saturated rings. The van der Waals surface area contributed by atoms with E-state index in [0.29, 0.717) is 10.7 Å². The van der Waals surface area contributed by atoms with Gasteiger partial charge in [0.1, 0.15) is 11.6 Å². The second-order valence-corrected chi connectivity index (χ2v) is 4.55. The van der Waals surface area contributed by atoms with E-state index in [9.17, 15) is 10.1 Å². The van der Waals surface area contributed by atoms with Crippen LogP contribution in [0.3, 0.4) is 0 Å². The van der Waals surface area contributed by atoms with E-state index in [1.54, 1.807) is 18.2 Å². The summed E-state index contributed by atoms with van der Waals surface area (Å²) < 4.78 is 0. The maximum Gasteiger partial charge on any atom is 0.287 e. The fraction of sp³-hybridized carbons (Fsp3) is 0.0714. The van der Waals surface area contributed by atoms with Gasteiger partial charge in [-0.25, -0.2) is 0 Å². The average molecular weight is 288 g/mol. The summed E-state index contributed by atoms with van der Waals surface area (Å²) in [4.78, 5) is 10.2. The van der Waals surface area contributed by atoms with Crippen LogP contribution in [0, 0.1) is 28.4 Å². The third kappa shape index (κ3) is 2.71. The van der Waals surface area contributed by atoms with Gasteiger partial charge in [0.2, 0.25) is 0 Å². The number of nitrogens with zero attached hydrogens (tertiary/aromatic N) is 2. The first-order valence-corrected chi connectivity index (χ1v) is 6.11. The molecule has 2 rings (SSSR count). The van der Waals surface area contributed by atoms with Crippen molar-refractivity contribution in [3.05, 3.63) is 62.7 Å². The zero-order valence-corrected chi connectivity index (χ0v) is 11.3. The summed E-state index contributed by atoms with van der Waals surface area (Å²) in [6, 6.07) is 11.5. The highest BCUT2D eigenvalue weighted by atomic mass is 35.5. The number of anilines is 2. The molecule has 0 aliphatic heterocycles. The van der Waals surface area contributed by atoms with Crippen LogP contribution < -0.4 is 5.32 Å². The lowest BCUT2D eigenvalue weighted by molar-refractivity contribution is -0.385. The first-order valence-electron chi connectivity index (χ1n) is 5.73. The summed E-state index contributed by atoms with van der Waals surface area (Å²) in [6.07, 6.45) is 0. The van der Waals surface area contributed by atoms with Crippen LogP contribution in [0.5, 0.6) is 0 Å². The fourth-order valence-electron chi connectivity index (χ4n) is 1.76. The first-order chi connectivity index (χ1) is 9.52. The van der Waals surface area contributed by atoms with Gasteiger partial charge in [-0.15, -0.1) is 0 Å². The Kier molecular flexibility index (Phi) is 3.87. The number of nitrogens with one attached hydrogen (secondary N) is 1. The van der Waals surface area contributed by atoms with Gasteiger partial charge in [-0.2, -0.15) is 5.26 Å². The van der Waals surface area contributed by atoms with Crippen LogP contribution >= 0.6 is 11.6 Å². The molecule has 0 saturated heterocycles. The molecule has 100 valence electrons. The minimum Gasteiger partial charge on any atom is -0.355 e. The van der Waals surface area contributed by atoms with Gasteiger partial charge in [0, 0.05) is 22.5 Å². The Morgan fingerprint density at radius 3 is 2.75 bits per heavy atom. The zero-order chi connectivity index (χ0) is 14.7. The Bertz CT molecular complexity index is 723. The molecule has 6 heteroatoms. The van der Waals surface area contributed by atoms with Crippen molar-refractivity contribution in [3.8, 4) is 6.07 Å². The maximum atomic E-state index is 10.8. The molecule has 0 aliphatic rings. The molecule has 5 nitrogen and oxygen atoms in total. The number of hydrogen-bond donors (Lipinski definition) is 1. The van der Waals surface area contributed by atoms with Gasteiger partial charge in [-0.1, -0.05) is 17.7 Å². The smallest absolute Gasteiger partial charge is 0.287 e. The molecule has 0 heterocycles. The van der Waals surface area contributed by atoms with Crippen molar-refractivity contribution in [1.82, 2.24) is 0 Å². The molecule has 0 radical (unpaired) electrons. The summed E-state index contributed by atoms with van der Waals surface area (Å²) in [7, 11) is 0. The Hall–Kier alpha value is -2.58. The molecule has 2 aromatic carbocycles. The Labute approximate surface area is 120 Å². The van der Waals surface area contributed by atoms with Crippen LogP contribution in [-0.4, -0.2) is 4.92 Å². The van der Waals surface area contributed by atoms with E-state index in [-0.39, 0.29) is 11.3 Å². The predicted octanol–water partition coefficient (Wildman–Crippen LogP) is 4.17. The molecule has 0 spiro atoms. The second kappa shape index (κ2) is 5.59. The summed E-state index contributed by atoms with van der Waals surface area (Å²) in [6.45, 7) is 1.86. The minimum atomic E-state index is -0.576. The molecule has 0 aliphatic carbocycles. The highest BCUT2D eigenvalue weighted by Gasteiger charge is 2.14. The van der Waals surface area contributed by atoms with Crippen LogP contribution in [-0.2, 0) is 0 Å². The van der Waals surface area contributed by atoms with E-state index in [4.69, 9.17) is 16.9 Å². The summed E-state index contributed by atoms with van der Waals surface area (Å²) >= 11 is 6.02. The molecule has 2 aromatic rings. The van der Waals surface area contributed by atoms with Gasteiger partial charge in [-0.05, 0) is 36.8 Å². The highest BCUT2D eigenvalue weighted by Crippen LogP contribution is 2.28. The van der Waals surface area contributed by atoms with Crippen LogP contribution in [0.4, 0.5) is 17.1 Å². The van der Waals surface area contributed by atoms with Crippen LogP contribution in [0.15, 0.2) is 36.4 Å². The van der Waals surface area contributed by atoms with Gasteiger partial charge in [-0.3, -0.25) is 10.1 Å². The Balaban J connectivity index is 2.38. The first kappa shape index (κ1) is 13.8. The van der Waals surface area contributed by atoms with E-state index >= 15 is 0 Å². The number of hydrogen-bond acceptors (Lipinski definition) is 4. The molecule has 20 heavy (non-hydrogen) atoms. The maximum absolute atomic E-state index is 10.8. The van der Waals surface area contributed by atoms with Gasteiger partial charge in [0.15, 0.2) is 0 Å². The molecule has 0 aromatic heterocycles. The third-order valence-corrected chi connectivity index (χ3v) is 3.27. The normalized spacial score (nSPS) is 9.85. The van der Waals surface area contributed by atoms with E-state index in [1.807, 2.05) is 19.1 Å². The SMILES string of the molecule is Cc1c(Cl)cccc1Nc1ccc([N+](=O)[O-])c(C#N)c1. The van der Waals surface area contributed by atoms with Crippen molar-refractivity contribution >= 4 is 28.7 Å². The Morgan fingerprint density at radius 1 is 1.35 bits per heavy atom. The van der Waals surface area contributed by atoms with Crippen molar-refractivity contribution in [1.29, 1.82) is 5.26 Å². The number of nitriles is 1. The third-order valence-electron chi connectivity index (χ3n) is 2.86. The second-order valence-electron chi connectivity index (χ2n) is 4.14. The van der Waals surface area contributed by atoms with Gasteiger partial charge in [0.05, 0.1) is 4.92 Å². The van der Waals surface area contributed by atoms with Gasteiger partial charge >= 0.3 is 0 Å². The molecular weight excluding hydrogens is 278 g/mol. The van der Waals surface area contributed by atoms with Gasteiger partial charge in [0.25, 0.3) is 5.69 Å². The van der Waals surface area contributed by atoms with E-state index in [0.717, 1.165) is 11.3 Å². The number of nitro groups is 1. The molecule has 0 unspecified atom stereocenters. The van der Waals surface area contributed by atoms with Crippen molar-refractivity contribution in [2.45, 2.75) is 6.92 Å². The van der Waals surface area contributed by atoms with Gasteiger partial charge < -0.3 is 5.32 Å². The van der Waals surface area contributed by atoms with Crippen LogP contribution in [0.25, 0.3) is 0 Å². The monoisotopic (exact) mass is 287 g/mol. The minimum absolute atomic E-state index is 0.0136. The quantitative estimate of drug-likeness (QED) is 0.678. The standard InChI is InChI=1S/C14H10ClN3O2/c1-9-12(15)3-2-4-13(9)17-11-5-6-14(18(19)20)10(7-11)8-16/h2-7,17H,1H3. The van der Waals surface area contributed by atoms with Crippen molar-refractivity contribution < 1.29 is 4.92 Å². The van der Waals surface area contributed by atoms with Crippen LogP contribution in [0.1, 0.15) is 11.1 Å². The summed E-state index contributed by atoms with van der Waals surface area (Å²) in [5, 5.41) is 23.4. The summed E-state index contributed by atoms with van der Waals surface area (Å²) in [5.41, 5.74) is 2.05. The lowest BCUT2D eigenvalue weighted by Crippen LogP contribution is -1.97. The molecule has 1 N–H and O–H groups in total. The number of benzene rings is 2. The van der Waals surface area contributed by atoms with E-state index in [1.165, 1.54) is 12.1 Å². The number of halogens is 1. The Morgan fingerprint density at radius 2 is 2.10 bits per heavy atom. The molecular formula is C14H10ClN3O2. The number of rotatable bonds is 3. The molecule has 0 bridgehead atoms.